The average molecular weight is 230 g/mol. The zero-order valence-electron chi connectivity index (χ0n) is 9.91. The Labute approximate surface area is 102 Å². The molecule has 0 aliphatic heterocycles. The molecule has 0 radical (unpaired) electrons. The van der Waals surface area contributed by atoms with Crippen LogP contribution in [0.2, 0.25) is 0 Å². The molecule has 0 bridgehead atoms. The largest absolute Gasteiger partial charge is 0.352 e. The summed E-state index contributed by atoms with van der Waals surface area (Å²) in [6, 6.07) is 9.32. The Bertz CT molecular complexity index is 426. The lowest BCUT2D eigenvalue weighted by atomic mass is 10.1. The van der Waals surface area contributed by atoms with Crippen molar-refractivity contribution in [2.24, 2.45) is 0 Å². The molecule has 3 heteroatoms. The zero-order chi connectivity index (χ0) is 11.7. The molecule has 1 aromatic rings. The Balaban J connectivity index is 1.54. The van der Waals surface area contributed by atoms with E-state index in [9.17, 15) is 4.79 Å². The summed E-state index contributed by atoms with van der Waals surface area (Å²) < 4.78 is 0. The molecule has 0 aromatic heterocycles. The van der Waals surface area contributed by atoms with Crippen molar-refractivity contribution < 1.29 is 4.79 Å². The maximum Gasteiger partial charge on any atom is 0.234 e. The normalized spacial score (nSPS) is 22.2. The molecule has 2 N–H and O–H groups in total. The second-order valence-corrected chi connectivity index (χ2v) is 5.01. The lowest BCUT2D eigenvalue weighted by Crippen LogP contribution is -2.36. The number of benzene rings is 1. The molecule has 1 amide bonds. The molecule has 2 aliphatic rings. The van der Waals surface area contributed by atoms with Crippen LogP contribution in [0.1, 0.15) is 36.4 Å². The van der Waals surface area contributed by atoms with Gasteiger partial charge in [0.2, 0.25) is 5.91 Å². The molecule has 1 unspecified atom stereocenters. The Kier molecular flexibility index (Phi) is 2.85. The average Bonchev–Trinajstić information content (AvgIpc) is 3.06. The van der Waals surface area contributed by atoms with Gasteiger partial charge in [0.05, 0.1) is 6.54 Å². The van der Waals surface area contributed by atoms with E-state index >= 15 is 0 Å². The van der Waals surface area contributed by atoms with Crippen LogP contribution in [0.25, 0.3) is 0 Å². The van der Waals surface area contributed by atoms with Gasteiger partial charge in [-0.2, -0.15) is 0 Å². The second kappa shape index (κ2) is 4.49. The number of nitrogens with one attached hydrogen (secondary N) is 2. The van der Waals surface area contributed by atoms with Crippen LogP contribution in [0.15, 0.2) is 24.3 Å². The van der Waals surface area contributed by atoms with E-state index in [-0.39, 0.29) is 5.91 Å². The van der Waals surface area contributed by atoms with Crippen LogP contribution in [0.4, 0.5) is 0 Å². The van der Waals surface area contributed by atoms with Gasteiger partial charge >= 0.3 is 0 Å². The van der Waals surface area contributed by atoms with Gasteiger partial charge in [0.25, 0.3) is 0 Å². The van der Waals surface area contributed by atoms with E-state index in [1.165, 1.54) is 11.1 Å². The molecule has 1 fully saturated rings. The van der Waals surface area contributed by atoms with Crippen molar-refractivity contribution >= 4 is 5.91 Å². The fraction of sp³-hybridized carbons (Fsp3) is 0.500. The van der Waals surface area contributed by atoms with Gasteiger partial charge in [-0.25, -0.2) is 0 Å². The van der Waals surface area contributed by atoms with Crippen LogP contribution in [0.3, 0.4) is 0 Å². The summed E-state index contributed by atoms with van der Waals surface area (Å²) in [6.45, 7) is 0.440. The molecule has 1 saturated carbocycles. The molecule has 2 aliphatic carbocycles. The van der Waals surface area contributed by atoms with Crippen molar-refractivity contribution in [3.63, 3.8) is 0 Å². The van der Waals surface area contributed by atoms with Crippen LogP contribution >= 0.6 is 0 Å². The number of carbonyl (C=O) groups is 1. The lowest BCUT2D eigenvalue weighted by molar-refractivity contribution is -0.120. The van der Waals surface area contributed by atoms with Crippen molar-refractivity contribution in [3.8, 4) is 0 Å². The van der Waals surface area contributed by atoms with Gasteiger partial charge in [-0.3, -0.25) is 4.79 Å². The van der Waals surface area contributed by atoms with Crippen LogP contribution in [0.5, 0.6) is 0 Å². The van der Waals surface area contributed by atoms with Crippen LogP contribution in [0, 0.1) is 0 Å². The number of carbonyl (C=O) groups excluding carboxylic acids is 1. The molecule has 90 valence electrons. The monoisotopic (exact) mass is 230 g/mol. The van der Waals surface area contributed by atoms with E-state index in [1.807, 2.05) is 0 Å². The van der Waals surface area contributed by atoms with E-state index in [0.29, 0.717) is 18.6 Å². The van der Waals surface area contributed by atoms with Crippen molar-refractivity contribution in [1.29, 1.82) is 0 Å². The van der Waals surface area contributed by atoms with Gasteiger partial charge in [0, 0.05) is 12.1 Å². The summed E-state index contributed by atoms with van der Waals surface area (Å²) in [5, 5.41) is 6.36. The minimum atomic E-state index is 0.136. The molecule has 1 atom stereocenters. The fourth-order valence-corrected chi connectivity index (χ4v) is 2.49. The predicted molar refractivity (Wildman–Crippen MR) is 66.7 cm³/mol. The molecule has 1 aromatic carbocycles. The number of aryl methyl sites for hydroxylation is 1. The minimum Gasteiger partial charge on any atom is -0.352 e. The van der Waals surface area contributed by atoms with Crippen molar-refractivity contribution in [2.75, 3.05) is 6.54 Å². The highest BCUT2D eigenvalue weighted by molar-refractivity contribution is 5.78. The minimum absolute atomic E-state index is 0.136. The van der Waals surface area contributed by atoms with E-state index in [1.54, 1.807) is 0 Å². The third-order valence-electron chi connectivity index (χ3n) is 3.58. The summed E-state index contributed by atoms with van der Waals surface area (Å²) in [6.07, 6.45) is 4.53. The summed E-state index contributed by atoms with van der Waals surface area (Å²) in [4.78, 5) is 11.6. The molecule has 0 saturated heterocycles. The van der Waals surface area contributed by atoms with Gasteiger partial charge in [-0.05, 0) is 36.8 Å². The first-order valence-electron chi connectivity index (χ1n) is 6.43. The van der Waals surface area contributed by atoms with E-state index in [0.717, 1.165) is 25.7 Å². The summed E-state index contributed by atoms with van der Waals surface area (Å²) >= 11 is 0. The first-order valence-corrected chi connectivity index (χ1v) is 6.43. The Morgan fingerprint density at radius 2 is 2.06 bits per heavy atom. The van der Waals surface area contributed by atoms with Crippen LogP contribution in [-0.4, -0.2) is 18.5 Å². The van der Waals surface area contributed by atoms with Gasteiger partial charge in [-0.1, -0.05) is 24.3 Å². The fourth-order valence-electron chi connectivity index (χ4n) is 2.49. The first kappa shape index (κ1) is 10.8. The molecular formula is C14H18N2O. The Morgan fingerprint density at radius 3 is 2.88 bits per heavy atom. The Morgan fingerprint density at radius 1 is 1.24 bits per heavy atom. The van der Waals surface area contributed by atoms with Crippen LogP contribution in [-0.2, 0) is 11.2 Å². The Hall–Kier alpha value is -1.35. The predicted octanol–water partition coefficient (Wildman–Crippen LogP) is 1.54. The standard InChI is InChI=1S/C14H18N2O/c17-14(16-11-6-7-11)9-15-13-8-5-10-3-1-2-4-12(10)13/h1-4,11,13,15H,5-9H2,(H,16,17). The second-order valence-electron chi connectivity index (χ2n) is 5.01. The molecule has 0 heterocycles. The number of amides is 1. The van der Waals surface area contributed by atoms with E-state index < -0.39 is 0 Å². The van der Waals surface area contributed by atoms with Gasteiger partial charge in [0.1, 0.15) is 0 Å². The van der Waals surface area contributed by atoms with Crippen LogP contribution < -0.4 is 10.6 Å². The molecule has 3 rings (SSSR count). The van der Waals surface area contributed by atoms with Gasteiger partial charge in [-0.15, -0.1) is 0 Å². The summed E-state index contributed by atoms with van der Waals surface area (Å²) in [5.74, 6) is 0.136. The quantitative estimate of drug-likeness (QED) is 0.824. The number of hydrogen-bond donors (Lipinski definition) is 2. The maximum atomic E-state index is 11.6. The van der Waals surface area contributed by atoms with Gasteiger partial charge in [0.15, 0.2) is 0 Å². The number of fused-ring (bicyclic) bond motifs is 1. The van der Waals surface area contributed by atoms with Crippen molar-refractivity contribution in [2.45, 2.75) is 37.8 Å². The number of hydrogen-bond acceptors (Lipinski definition) is 2. The van der Waals surface area contributed by atoms with Crippen molar-refractivity contribution in [3.05, 3.63) is 35.4 Å². The molecule has 0 spiro atoms. The zero-order valence-corrected chi connectivity index (χ0v) is 9.91. The molecule has 17 heavy (non-hydrogen) atoms. The first-order chi connectivity index (χ1) is 8.33. The topological polar surface area (TPSA) is 41.1 Å². The third-order valence-corrected chi connectivity index (χ3v) is 3.58. The number of rotatable bonds is 4. The highest BCUT2D eigenvalue weighted by Crippen LogP contribution is 2.30. The highest BCUT2D eigenvalue weighted by atomic mass is 16.2. The van der Waals surface area contributed by atoms with Crippen molar-refractivity contribution in [1.82, 2.24) is 10.6 Å². The third kappa shape index (κ3) is 2.50. The van der Waals surface area contributed by atoms with E-state index in [4.69, 9.17) is 0 Å². The SMILES string of the molecule is O=C(CNC1CCc2ccccc21)NC1CC1. The summed E-state index contributed by atoms with van der Waals surface area (Å²) in [5.41, 5.74) is 2.79. The summed E-state index contributed by atoms with van der Waals surface area (Å²) in [7, 11) is 0. The molecule has 3 nitrogen and oxygen atoms in total. The van der Waals surface area contributed by atoms with Gasteiger partial charge < -0.3 is 10.6 Å². The highest BCUT2D eigenvalue weighted by Gasteiger charge is 2.25. The lowest BCUT2D eigenvalue weighted by Gasteiger charge is -2.13. The molecular weight excluding hydrogens is 212 g/mol. The smallest absolute Gasteiger partial charge is 0.234 e. The maximum absolute atomic E-state index is 11.6. The van der Waals surface area contributed by atoms with E-state index in [2.05, 4.69) is 34.9 Å².